The molecule has 1 saturated carbocycles. The monoisotopic (exact) mass is 378 g/mol. The van der Waals surface area contributed by atoms with E-state index in [1.54, 1.807) is 31.5 Å². The van der Waals surface area contributed by atoms with Crippen LogP contribution in [0.5, 0.6) is 11.5 Å². The number of esters is 1. The molecule has 0 amide bonds. The van der Waals surface area contributed by atoms with E-state index >= 15 is 0 Å². The molecule has 1 aromatic carbocycles. The summed E-state index contributed by atoms with van der Waals surface area (Å²) in [4.78, 5) is 16.3. The maximum atomic E-state index is 12.0. The van der Waals surface area contributed by atoms with Gasteiger partial charge in [-0.3, -0.25) is 9.78 Å². The molecule has 0 radical (unpaired) electrons. The number of methoxy groups -OCH3 is 1. The minimum absolute atomic E-state index is 0.0193. The number of ether oxygens (including phenoxy) is 3. The Balaban J connectivity index is 1.59. The van der Waals surface area contributed by atoms with E-state index in [1.807, 2.05) is 0 Å². The zero-order valence-corrected chi connectivity index (χ0v) is 15.5. The quantitative estimate of drug-likeness (QED) is 0.742. The van der Waals surface area contributed by atoms with Crippen molar-refractivity contribution in [2.75, 3.05) is 13.7 Å². The average Bonchev–Trinajstić information content (AvgIpc) is 3.14. The van der Waals surface area contributed by atoms with Gasteiger partial charge in [0.2, 0.25) is 0 Å². The number of rotatable bonds is 7. The van der Waals surface area contributed by atoms with Gasteiger partial charge >= 0.3 is 5.97 Å². The fourth-order valence-corrected chi connectivity index (χ4v) is 3.27. The van der Waals surface area contributed by atoms with Crippen LogP contribution in [-0.4, -0.2) is 36.8 Å². The molecule has 0 bridgehead atoms. The molecule has 1 unspecified atom stereocenters. The number of nitrogens with zero attached hydrogens (tertiary/aromatic N) is 1. The van der Waals surface area contributed by atoms with Crippen molar-refractivity contribution < 1.29 is 19.0 Å². The molecule has 0 saturated heterocycles. The summed E-state index contributed by atoms with van der Waals surface area (Å²) in [5.74, 6) is 0.722. The number of benzene rings is 1. The van der Waals surface area contributed by atoms with E-state index in [-0.39, 0.29) is 18.7 Å². The van der Waals surface area contributed by atoms with Crippen molar-refractivity contribution >= 4 is 28.5 Å². The van der Waals surface area contributed by atoms with E-state index in [9.17, 15) is 4.79 Å². The first-order chi connectivity index (χ1) is 12.6. The summed E-state index contributed by atoms with van der Waals surface area (Å²) in [6.07, 6.45) is 6.08. The number of hydrogen-bond acceptors (Lipinski definition) is 6. The molecule has 6 nitrogen and oxygen atoms in total. The highest BCUT2D eigenvalue weighted by atomic mass is 35.5. The van der Waals surface area contributed by atoms with Crippen molar-refractivity contribution in [1.29, 1.82) is 0 Å². The van der Waals surface area contributed by atoms with E-state index < -0.39 is 6.04 Å². The molecule has 1 fully saturated rings. The van der Waals surface area contributed by atoms with Gasteiger partial charge in [0, 0.05) is 24.1 Å². The van der Waals surface area contributed by atoms with Crippen molar-refractivity contribution in [2.24, 2.45) is 5.73 Å². The largest absolute Gasteiger partial charge is 0.493 e. The molecule has 2 aromatic rings. The highest BCUT2D eigenvalue weighted by Crippen LogP contribution is 2.34. The first kappa shape index (κ1) is 18.7. The number of pyridine rings is 1. The summed E-state index contributed by atoms with van der Waals surface area (Å²) in [6.45, 7) is 0.267. The van der Waals surface area contributed by atoms with Gasteiger partial charge in [-0.05, 0) is 37.8 Å². The maximum Gasteiger partial charge on any atom is 0.323 e. The van der Waals surface area contributed by atoms with Gasteiger partial charge in [-0.2, -0.15) is 0 Å². The molecular formula is C19H23ClN2O4. The lowest BCUT2D eigenvalue weighted by molar-refractivity contribution is -0.150. The Labute approximate surface area is 157 Å². The van der Waals surface area contributed by atoms with Gasteiger partial charge in [0.1, 0.15) is 12.1 Å². The first-order valence-corrected chi connectivity index (χ1v) is 9.17. The Morgan fingerprint density at radius 3 is 2.85 bits per heavy atom. The van der Waals surface area contributed by atoms with Gasteiger partial charge in [-0.15, -0.1) is 0 Å². The summed E-state index contributed by atoms with van der Waals surface area (Å²) < 4.78 is 16.6. The van der Waals surface area contributed by atoms with Crippen LogP contribution in [0, 0.1) is 0 Å². The lowest BCUT2D eigenvalue weighted by atomic mass is 10.2. The van der Waals surface area contributed by atoms with Crippen LogP contribution in [-0.2, 0) is 9.53 Å². The zero-order chi connectivity index (χ0) is 18.5. The molecule has 7 heteroatoms. The van der Waals surface area contributed by atoms with Crippen LogP contribution in [0.1, 0.15) is 32.1 Å². The number of carbonyl (C=O) groups excluding carboxylic acids is 1. The number of fused-ring (bicyclic) bond motifs is 1. The smallest absolute Gasteiger partial charge is 0.323 e. The van der Waals surface area contributed by atoms with E-state index in [1.165, 1.54) is 0 Å². The van der Waals surface area contributed by atoms with E-state index in [0.717, 1.165) is 31.1 Å². The van der Waals surface area contributed by atoms with E-state index in [0.29, 0.717) is 28.5 Å². The summed E-state index contributed by atoms with van der Waals surface area (Å²) in [6, 6.07) is 4.57. The number of nitrogens with two attached hydrogens (primary N) is 1. The fraction of sp³-hybridized carbons (Fsp3) is 0.474. The summed E-state index contributed by atoms with van der Waals surface area (Å²) in [7, 11) is 1.56. The molecule has 1 atom stereocenters. The van der Waals surface area contributed by atoms with Gasteiger partial charge in [0.05, 0.1) is 24.3 Å². The third kappa shape index (κ3) is 4.37. The highest BCUT2D eigenvalue weighted by Gasteiger charge is 2.23. The van der Waals surface area contributed by atoms with Crippen LogP contribution >= 0.6 is 11.6 Å². The molecule has 140 valence electrons. The Morgan fingerprint density at radius 2 is 2.12 bits per heavy atom. The fourth-order valence-electron chi connectivity index (χ4n) is 3.06. The number of aromatic nitrogens is 1. The standard InChI is InChI=1S/C19H23ClN2O4/c1-24-17-10-13-14(20)6-8-22-16(13)11-18(17)25-9-7-15(21)19(23)26-12-4-2-3-5-12/h6,8,10-12,15H,2-5,7,9,21H2,1H3. The van der Waals surface area contributed by atoms with Gasteiger partial charge in [0.25, 0.3) is 0 Å². The van der Waals surface area contributed by atoms with Crippen LogP contribution in [0.15, 0.2) is 24.4 Å². The van der Waals surface area contributed by atoms with Crippen LogP contribution < -0.4 is 15.2 Å². The molecule has 1 heterocycles. The van der Waals surface area contributed by atoms with Gasteiger partial charge in [-0.1, -0.05) is 11.6 Å². The molecule has 1 aromatic heterocycles. The normalized spacial score (nSPS) is 15.8. The Kier molecular flexibility index (Phi) is 6.16. The first-order valence-electron chi connectivity index (χ1n) is 8.79. The molecule has 26 heavy (non-hydrogen) atoms. The third-order valence-corrected chi connectivity index (χ3v) is 4.88. The molecule has 2 N–H and O–H groups in total. The van der Waals surface area contributed by atoms with E-state index in [2.05, 4.69) is 4.98 Å². The second kappa shape index (κ2) is 8.56. The SMILES string of the molecule is COc1cc2c(Cl)ccnc2cc1OCCC(N)C(=O)OC1CCCC1. The van der Waals surface area contributed by atoms with Crippen molar-refractivity contribution in [3.05, 3.63) is 29.4 Å². The second-order valence-corrected chi connectivity index (χ2v) is 6.81. The van der Waals surface area contributed by atoms with Gasteiger partial charge < -0.3 is 19.9 Å². The van der Waals surface area contributed by atoms with Crippen molar-refractivity contribution in [2.45, 2.75) is 44.2 Å². The minimum atomic E-state index is -0.699. The molecule has 3 rings (SSSR count). The number of hydrogen-bond donors (Lipinski definition) is 1. The lowest BCUT2D eigenvalue weighted by Crippen LogP contribution is -2.35. The van der Waals surface area contributed by atoms with Crippen molar-refractivity contribution in [3.8, 4) is 11.5 Å². The van der Waals surface area contributed by atoms with Crippen molar-refractivity contribution in [3.63, 3.8) is 0 Å². The molecule has 0 aliphatic heterocycles. The molecule has 1 aliphatic rings. The summed E-state index contributed by atoms with van der Waals surface area (Å²) in [5, 5.41) is 1.38. The minimum Gasteiger partial charge on any atom is -0.493 e. The molecule has 0 spiro atoms. The maximum absolute atomic E-state index is 12.0. The van der Waals surface area contributed by atoms with Crippen LogP contribution in [0.4, 0.5) is 0 Å². The van der Waals surface area contributed by atoms with Crippen LogP contribution in [0.25, 0.3) is 10.9 Å². The van der Waals surface area contributed by atoms with Crippen LogP contribution in [0.2, 0.25) is 5.02 Å². The Morgan fingerprint density at radius 1 is 1.35 bits per heavy atom. The second-order valence-electron chi connectivity index (χ2n) is 6.40. The van der Waals surface area contributed by atoms with Crippen molar-refractivity contribution in [1.82, 2.24) is 4.98 Å². The average molecular weight is 379 g/mol. The Hall–Kier alpha value is -2.05. The Bertz CT molecular complexity index is 777. The predicted molar refractivity (Wildman–Crippen MR) is 99.7 cm³/mol. The number of carbonyl (C=O) groups is 1. The van der Waals surface area contributed by atoms with E-state index in [4.69, 9.17) is 31.5 Å². The van der Waals surface area contributed by atoms with Crippen LogP contribution in [0.3, 0.4) is 0 Å². The third-order valence-electron chi connectivity index (χ3n) is 4.55. The predicted octanol–water partition coefficient (Wildman–Crippen LogP) is 3.48. The topological polar surface area (TPSA) is 83.7 Å². The summed E-state index contributed by atoms with van der Waals surface area (Å²) in [5.41, 5.74) is 6.63. The summed E-state index contributed by atoms with van der Waals surface area (Å²) >= 11 is 6.18. The number of halogens is 1. The van der Waals surface area contributed by atoms with Gasteiger partial charge in [-0.25, -0.2) is 0 Å². The molecule has 1 aliphatic carbocycles. The van der Waals surface area contributed by atoms with Gasteiger partial charge in [0.15, 0.2) is 11.5 Å². The molecular weight excluding hydrogens is 356 g/mol. The zero-order valence-electron chi connectivity index (χ0n) is 14.7. The lowest BCUT2D eigenvalue weighted by Gasteiger charge is -2.17. The highest BCUT2D eigenvalue weighted by molar-refractivity contribution is 6.35.